The number of hydrogen-bond donors (Lipinski definition) is 1. The molecule has 0 aliphatic heterocycles. The minimum absolute atomic E-state index is 0.426. The highest BCUT2D eigenvalue weighted by Crippen LogP contribution is 2.27. The molecule has 0 spiro atoms. The fourth-order valence-electron chi connectivity index (χ4n) is 1.80. The number of aryl methyl sites for hydroxylation is 2. The summed E-state index contributed by atoms with van der Waals surface area (Å²) in [4.78, 5) is 0. The van der Waals surface area contributed by atoms with Crippen LogP contribution in [0.4, 0.5) is 5.69 Å². The first-order chi connectivity index (χ1) is 8.97. The predicted molar refractivity (Wildman–Crippen MR) is 83.8 cm³/mol. The lowest BCUT2D eigenvalue weighted by atomic mass is 10.1. The molecule has 0 aliphatic carbocycles. The topological polar surface area (TPSA) is 35.2 Å². The van der Waals surface area contributed by atoms with Gasteiger partial charge in [-0.05, 0) is 37.1 Å². The Hall–Kier alpha value is -1.19. The normalized spacial score (nSPS) is 10.5. The number of anilines is 1. The Balaban J connectivity index is 2.16. The van der Waals surface area contributed by atoms with Gasteiger partial charge in [-0.1, -0.05) is 39.7 Å². The van der Waals surface area contributed by atoms with Crippen LogP contribution in [0.2, 0.25) is 5.02 Å². The Kier molecular flexibility index (Phi) is 4.38. The molecule has 2 N–H and O–H groups in total. The van der Waals surface area contributed by atoms with Crippen LogP contribution in [0.15, 0.2) is 34.8 Å². The zero-order chi connectivity index (χ0) is 14.0. The monoisotopic (exact) mass is 339 g/mol. The van der Waals surface area contributed by atoms with Crippen LogP contribution in [0, 0.1) is 13.8 Å². The maximum absolute atomic E-state index is 6.16. The number of nitrogen functional groups attached to an aromatic ring is 1. The lowest BCUT2D eigenvalue weighted by molar-refractivity contribution is 0.304. The van der Waals surface area contributed by atoms with Gasteiger partial charge in [-0.2, -0.15) is 0 Å². The summed E-state index contributed by atoms with van der Waals surface area (Å²) in [6.07, 6.45) is 0. The highest BCUT2D eigenvalue weighted by atomic mass is 79.9. The lowest BCUT2D eigenvalue weighted by Crippen LogP contribution is -2.00. The predicted octanol–water partition coefficient (Wildman–Crippen LogP) is 4.88. The maximum atomic E-state index is 6.16. The molecule has 0 fully saturated rings. The minimum atomic E-state index is 0.426. The van der Waals surface area contributed by atoms with E-state index in [2.05, 4.69) is 15.9 Å². The second kappa shape index (κ2) is 5.85. The molecule has 0 aromatic heterocycles. The molecule has 0 atom stereocenters. The third kappa shape index (κ3) is 3.43. The van der Waals surface area contributed by atoms with Crippen molar-refractivity contribution in [1.82, 2.24) is 0 Å². The number of ether oxygens (including phenoxy) is 1. The Bertz CT molecular complexity index is 613. The number of nitrogens with two attached hydrogens (primary N) is 1. The molecule has 2 aromatic rings. The Morgan fingerprint density at radius 3 is 2.58 bits per heavy atom. The second-order valence-corrected chi connectivity index (χ2v) is 5.82. The van der Waals surface area contributed by atoms with Gasteiger partial charge in [0.05, 0.1) is 0 Å². The van der Waals surface area contributed by atoms with E-state index in [-0.39, 0.29) is 0 Å². The van der Waals surface area contributed by atoms with Crippen molar-refractivity contribution in [2.75, 3.05) is 5.73 Å². The van der Waals surface area contributed by atoms with Crippen molar-refractivity contribution in [3.8, 4) is 5.75 Å². The molecule has 2 rings (SSSR count). The van der Waals surface area contributed by atoms with Gasteiger partial charge in [-0.3, -0.25) is 0 Å². The second-order valence-electron chi connectivity index (χ2n) is 4.50. The van der Waals surface area contributed by atoms with Crippen molar-refractivity contribution in [2.24, 2.45) is 0 Å². The standard InChI is InChI=1S/C15H15BrClNO/c1-9-5-10(2)15(7-14(9)18)19-8-11-3-4-12(16)6-13(11)17/h3-7H,8,18H2,1-2H3. The Labute approximate surface area is 126 Å². The molecule has 2 aromatic carbocycles. The van der Waals surface area contributed by atoms with E-state index in [1.54, 1.807) is 0 Å². The number of rotatable bonds is 3. The summed E-state index contributed by atoms with van der Waals surface area (Å²) in [5, 5.41) is 0.687. The van der Waals surface area contributed by atoms with E-state index < -0.39 is 0 Å². The summed E-state index contributed by atoms with van der Waals surface area (Å²) >= 11 is 9.54. The molecule has 0 bridgehead atoms. The van der Waals surface area contributed by atoms with Crippen LogP contribution >= 0.6 is 27.5 Å². The van der Waals surface area contributed by atoms with Crippen LogP contribution in [-0.2, 0) is 6.61 Å². The van der Waals surface area contributed by atoms with Crippen molar-refractivity contribution in [3.05, 3.63) is 56.5 Å². The number of hydrogen-bond acceptors (Lipinski definition) is 2. The molecule has 4 heteroatoms. The molecule has 0 unspecified atom stereocenters. The van der Waals surface area contributed by atoms with E-state index in [0.717, 1.165) is 32.6 Å². The summed E-state index contributed by atoms with van der Waals surface area (Å²) in [7, 11) is 0. The number of halogens is 2. The van der Waals surface area contributed by atoms with Crippen molar-refractivity contribution < 1.29 is 4.74 Å². The van der Waals surface area contributed by atoms with Gasteiger partial charge in [0.15, 0.2) is 0 Å². The first kappa shape index (κ1) is 14.2. The Morgan fingerprint density at radius 2 is 1.89 bits per heavy atom. The first-order valence-electron chi connectivity index (χ1n) is 5.91. The Morgan fingerprint density at radius 1 is 1.16 bits per heavy atom. The van der Waals surface area contributed by atoms with Crippen LogP contribution in [0.5, 0.6) is 5.75 Å². The average molecular weight is 341 g/mol. The van der Waals surface area contributed by atoms with Gasteiger partial charge >= 0.3 is 0 Å². The fraction of sp³-hybridized carbons (Fsp3) is 0.200. The van der Waals surface area contributed by atoms with E-state index in [0.29, 0.717) is 11.6 Å². The van der Waals surface area contributed by atoms with Crippen molar-refractivity contribution >= 4 is 33.2 Å². The quantitative estimate of drug-likeness (QED) is 0.808. The average Bonchev–Trinajstić information content (AvgIpc) is 2.34. The van der Waals surface area contributed by atoms with Crippen LogP contribution in [0.25, 0.3) is 0 Å². The van der Waals surface area contributed by atoms with Gasteiger partial charge in [0, 0.05) is 26.8 Å². The molecule has 100 valence electrons. The fourth-order valence-corrected chi connectivity index (χ4v) is 2.53. The molecule has 0 saturated heterocycles. The van der Waals surface area contributed by atoms with E-state index in [4.69, 9.17) is 22.1 Å². The van der Waals surface area contributed by atoms with Gasteiger partial charge in [-0.15, -0.1) is 0 Å². The van der Waals surface area contributed by atoms with Crippen LogP contribution < -0.4 is 10.5 Å². The molecular weight excluding hydrogens is 326 g/mol. The molecule has 0 saturated carbocycles. The van der Waals surface area contributed by atoms with Crippen LogP contribution in [0.1, 0.15) is 16.7 Å². The molecule has 0 amide bonds. The maximum Gasteiger partial charge on any atom is 0.124 e. The SMILES string of the molecule is Cc1cc(C)c(OCc2ccc(Br)cc2Cl)cc1N. The third-order valence-corrected chi connectivity index (χ3v) is 3.81. The van der Waals surface area contributed by atoms with E-state index in [9.17, 15) is 0 Å². The van der Waals surface area contributed by atoms with Crippen LogP contribution in [0.3, 0.4) is 0 Å². The summed E-state index contributed by atoms with van der Waals surface area (Å²) in [5.41, 5.74) is 9.71. The molecule has 0 radical (unpaired) electrons. The first-order valence-corrected chi connectivity index (χ1v) is 7.08. The van der Waals surface area contributed by atoms with E-state index in [1.165, 1.54) is 0 Å². The summed E-state index contributed by atoms with van der Waals surface area (Å²) < 4.78 is 6.76. The highest BCUT2D eigenvalue weighted by molar-refractivity contribution is 9.10. The largest absolute Gasteiger partial charge is 0.489 e. The smallest absolute Gasteiger partial charge is 0.124 e. The van der Waals surface area contributed by atoms with Gasteiger partial charge in [-0.25, -0.2) is 0 Å². The highest BCUT2D eigenvalue weighted by Gasteiger charge is 2.06. The molecule has 0 aliphatic rings. The molecule has 19 heavy (non-hydrogen) atoms. The van der Waals surface area contributed by atoms with Gasteiger partial charge in [0.25, 0.3) is 0 Å². The van der Waals surface area contributed by atoms with Gasteiger partial charge < -0.3 is 10.5 Å². The van der Waals surface area contributed by atoms with Crippen LogP contribution in [-0.4, -0.2) is 0 Å². The van der Waals surface area contributed by atoms with Crippen molar-refractivity contribution in [3.63, 3.8) is 0 Å². The summed E-state index contributed by atoms with van der Waals surface area (Å²) in [6, 6.07) is 9.63. The van der Waals surface area contributed by atoms with Gasteiger partial charge in [0.2, 0.25) is 0 Å². The van der Waals surface area contributed by atoms with E-state index in [1.807, 2.05) is 44.2 Å². The zero-order valence-electron chi connectivity index (χ0n) is 10.8. The molecule has 2 nitrogen and oxygen atoms in total. The zero-order valence-corrected chi connectivity index (χ0v) is 13.2. The summed E-state index contributed by atoms with van der Waals surface area (Å²) in [6.45, 7) is 4.41. The third-order valence-electron chi connectivity index (χ3n) is 2.96. The lowest BCUT2D eigenvalue weighted by Gasteiger charge is -2.12. The molecule has 0 heterocycles. The summed E-state index contributed by atoms with van der Waals surface area (Å²) in [5.74, 6) is 0.794. The van der Waals surface area contributed by atoms with Crippen molar-refractivity contribution in [2.45, 2.75) is 20.5 Å². The number of benzene rings is 2. The van der Waals surface area contributed by atoms with Crippen molar-refractivity contribution in [1.29, 1.82) is 0 Å². The molecular formula is C15H15BrClNO. The minimum Gasteiger partial charge on any atom is -0.489 e. The van der Waals surface area contributed by atoms with Gasteiger partial charge in [0.1, 0.15) is 12.4 Å². The van der Waals surface area contributed by atoms with E-state index >= 15 is 0 Å².